The standard InChI is InChI=1S/C7H8N2O.C7H6O3/c1-9-4-2-3-6(5-9)7(8)10;8-6-4-2-1-3-5(6)7(9)10/h2-5H,1H3,(H-,8,10);1-4,8H,(H,9,10). The van der Waals surface area contributed by atoms with Gasteiger partial charge in [-0.2, -0.15) is 0 Å². The number of carbonyl (C=O) groups is 2. The molecule has 1 heterocycles. The highest BCUT2D eigenvalue weighted by Gasteiger charge is 2.02. The molecule has 6 heteroatoms. The molecule has 0 saturated carbocycles. The zero-order valence-electron chi connectivity index (χ0n) is 10.8. The first-order chi connectivity index (χ1) is 9.41. The summed E-state index contributed by atoms with van der Waals surface area (Å²) in [6.45, 7) is 0. The van der Waals surface area contributed by atoms with Crippen LogP contribution in [0.4, 0.5) is 0 Å². The fraction of sp³-hybridized carbons (Fsp3) is 0.0714. The van der Waals surface area contributed by atoms with Crippen LogP contribution in [0, 0.1) is 0 Å². The Morgan fingerprint density at radius 2 is 1.85 bits per heavy atom. The number of nitrogens with two attached hydrogens (primary N) is 1. The van der Waals surface area contributed by atoms with Gasteiger partial charge in [0, 0.05) is 6.07 Å². The lowest BCUT2D eigenvalue weighted by Gasteiger charge is -2.07. The summed E-state index contributed by atoms with van der Waals surface area (Å²) in [5.74, 6) is -2.02. The number of primary amides is 1. The predicted octanol–water partition coefficient (Wildman–Crippen LogP) is 0.0684. The van der Waals surface area contributed by atoms with Gasteiger partial charge in [-0.15, -0.1) is 0 Å². The highest BCUT2D eigenvalue weighted by Crippen LogP contribution is 2.10. The second-order valence-corrected chi connectivity index (χ2v) is 3.92. The van der Waals surface area contributed by atoms with Crippen LogP contribution in [-0.4, -0.2) is 17.0 Å². The van der Waals surface area contributed by atoms with E-state index in [4.69, 9.17) is 10.8 Å². The third-order valence-corrected chi connectivity index (χ3v) is 2.34. The Hall–Kier alpha value is -2.89. The van der Waals surface area contributed by atoms with Crippen LogP contribution in [0.1, 0.15) is 20.7 Å². The van der Waals surface area contributed by atoms with Gasteiger partial charge in [-0.3, -0.25) is 4.79 Å². The fourth-order valence-corrected chi connectivity index (χ4v) is 1.38. The number of aromatic carboxylic acids is 1. The molecule has 2 rings (SSSR count). The van der Waals surface area contributed by atoms with Crippen molar-refractivity contribution in [1.29, 1.82) is 0 Å². The third kappa shape index (κ3) is 4.41. The molecule has 0 atom stereocenters. The second kappa shape index (κ2) is 6.89. The number of benzene rings is 1. The predicted molar refractivity (Wildman–Crippen MR) is 69.0 cm³/mol. The smallest absolute Gasteiger partial charge is 0.335 e. The number of para-hydroxylation sites is 1. The van der Waals surface area contributed by atoms with Crippen molar-refractivity contribution in [3.05, 3.63) is 59.9 Å². The molecule has 0 spiro atoms. The quantitative estimate of drug-likeness (QED) is 0.755. The molecular formula is C14H14N2O4. The number of aryl methyl sites for hydroxylation is 1. The van der Waals surface area contributed by atoms with E-state index in [1.807, 2.05) is 13.2 Å². The summed E-state index contributed by atoms with van der Waals surface area (Å²) >= 11 is 0. The van der Waals surface area contributed by atoms with E-state index in [0.29, 0.717) is 5.56 Å². The summed E-state index contributed by atoms with van der Waals surface area (Å²) in [5.41, 5.74) is 5.38. The Bertz CT molecular complexity index is 626. The van der Waals surface area contributed by atoms with Crippen molar-refractivity contribution in [2.24, 2.45) is 12.8 Å². The molecule has 2 aromatic rings. The van der Waals surface area contributed by atoms with E-state index >= 15 is 0 Å². The number of hydrogen-bond donors (Lipinski definition) is 2. The van der Waals surface area contributed by atoms with Crippen molar-refractivity contribution in [1.82, 2.24) is 0 Å². The van der Waals surface area contributed by atoms with Crippen molar-refractivity contribution in [2.75, 3.05) is 0 Å². The summed E-state index contributed by atoms with van der Waals surface area (Å²) < 4.78 is 1.78. The number of hydrogen-bond acceptors (Lipinski definition) is 3. The SMILES string of the molecule is C[n+]1cccc(C(N)=O)c1.O=C(O)c1ccccc1[O-]. The molecule has 3 N–H and O–H groups in total. The number of carboxylic acid groups (broad SMARTS) is 1. The van der Waals surface area contributed by atoms with Crippen LogP contribution in [0.3, 0.4) is 0 Å². The largest absolute Gasteiger partial charge is 0.872 e. The minimum Gasteiger partial charge on any atom is -0.872 e. The molecule has 1 amide bonds. The maximum absolute atomic E-state index is 10.7. The lowest BCUT2D eigenvalue weighted by atomic mass is 10.2. The van der Waals surface area contributed by atoms with Crippen LogP contribution in [0.2, 0.25) is 0 Å². The van der Waals surface area contributed by atoms with Crippen molar-refractivity contribution < 1.29 is 24.4 Å². The molecule has 0 unspecified atom stereocenters. The number of carboxylic acids is 1. The highest BCUT2D eigenvalue weighted by atomic mass is 16.4. The Labute approximate surface area is 115 Å². The number of aromatic nitrogens is 1. The molecule has 0 bridgehead atoms. The van der Waals surface area contributed by atoms with Crippen LogP contribution in [-0.2, 0) is 7.05 Å². The summed E-state index contributed by atoms with van der Waals surface area (Å²) in [5, 5.41) is 19.0. The normalized spacial score (nSPS) is 9.25. The number of pyridine rings is 1. The summed E-state index contributed by atoms with van der Waals surface area (Å²) in [6.07, 6.45) is 3.52. The van der Waals surface area contributed by atoms with Gasteiger partial charge in [-0.05, 0) is 12.1 Å². The molecule has 1 aromatic heterocycles. The summed E-state index contributed by atoms with van der Waals surface area (Å²) in [7, 11) is 1.84. The van der Waals surface area contributed by atoms with E-state index in [1.54, 1.807) is 22.9 Å². The first-order valence-corrected chi connectivity index (χ1v) is 5.66. The number of rotatable bonds is 2. The fourth-order valence-electron chi connectivity index (χ4n) is 1.38. The minimum atomic E-state index is -1.18. The Morgan fingerprint density at radius 1 is 1.20 bits per heavy atom. The lowest BCUT2D eigenvalue weighted by molar-refractivity contribution is -0.671. The molecule has 0 radical (unpaired) electrons. The molecule has 0 aliphatic heterocycles. The lowest BCUT2D eigenvalue weighted by Crippen LogP contribution is -2.28. The first kappa shape index (κ1) is 15.2. The van der Waals surface area contributed by atoms with Crippen LogP contribution < -0.4 is 15.4 Å². The van der Waals surface area contributed by atoms with Gasteiger partial charge in [0.1, 0.15) is 12.6 Å². The molecule has 0 fully saturated rings. The van der Waals surface area contributed by atoms with Gasteiger partial charge in [0.2, 0.25) is 0 Å². The van der Waals surface area contributed by atoms with E-state index in [1.165, 1.54) is 24.3 Å². The van der Waals surface area contributed by atoms with E-state index < -0.39 is 17.6 Å². The van der Waals surface area contributed by atoms with Crippen molar-refractivity contribution >= 4 is 11.9 Å². The molecular weight excluding hydrogens is 260 g/mol. The molecule has 104 valence electrons. The topological polar surface area (TPSA) is 107 Å². The molecule has 1 aromatic carbocycles. The van der Waals surface area contributed by atoms with Crippen LogP contribution in [0.25, 0.3) is 0 Å². The zero-order valence-corrected chi connectivity index (χ0v) is 10.8. The molecule has 0 aliphatic carbocycles. The highest BCUT2D eigenvalue weighted by molar-refractivity contribution is 5.92. The molecule has 20 heavy (non-hydrogen) atoms. The van der Waals surface area contributed by atoms with E-state index in [9.17, 15) is 14.7 Å². The molecule has 0 saturated heterocycles. The van der Waals surface area contributed by atoms with E-state index in [2.05, 4.69) is 0 Å². The third-order valence-electron chi connectivity index (χ3n) is 2.34. The molecule has 6 nitrogen and oxygen atoms in total. The second-order valence-electron chi connectivity index (χ2n) is 3.92. The van der Waals surface area contributed by atoms with Gasteiger partial charge in [0.15, 0.2) is 12.4 Å². The van der Waals surface area contributed by atoms with Crippen LogP contribution in [0.5, 0.6) is 5.75 Å². The number of nitrogens with zero attached hydrogens (tertiary/aromatic N) is 1. The van der Waals surface area contributed by atoms with Gasteiger partial charge in [0.05, 0.1) is 5.56 Å². The average molecular weight is 274 g/mol. The monoisotopic (exact) mass is 274 g/mol. The Kier molecular flexibility index (Phi) is 5.22. The number of amides is 1. The minimum absolute atomic E-state index is 0.178. The van der Waals surface area contributed by atoms with Crippen molar-refractivity contribution in [3.8, 4) is 5.75 Å². The van der Waals surface area contributed by atoms with Crippen LogP contribution >= 0.6 is 0 Å². The van der Waals surface area contributed by atoms with Gasteiger partial charge >= 0.3 is 5.97 Å². The average Bonchev–Trinajstić information content (AvgIpc) is 2.39. The summed E-state index contributed by atoms with van der Waals surface area (Å²) in [6, 6.07) is 9.00. The van der Waals surface area contributed by atoms with Gasteiger partial charge in [0.25, 0.3) is 5.91 Å². The van der Waals surface area contributed by atoms with E-state index in [-0.39, 0.29) is 5.56 Å². The van der Waals surface area contributed by atoms with Gasteiger partial charge in [-0.25, -0.2) is 9.36 Å². The van der Waals surface area contributed by atoms with Gasteiger partial charge in [-0.1, -0.05) is 23.9 Å². The number of carbonyl (C=O) groups excluding carboxylic acids is 1. The van der Waals surface area contributed by atoms with Gasteiger partial charge < -0.3 is 15.9 Å². The maximum Gasteiger partial charge on any atom is 0.335 e. The maximum atomic E-state index is 10.7. The van der Waals surface area contributed by atoms with Crippen LogP contribution in [0.15, 0.2) is 48.8 Å². The Morgan fingerprint density at radius 3 is 2.25 bits per heavy atom. The summed E-state index contributed by atoms with van der Waals surface area (Å²) in [4.78, 5) is 20.8. The van der Waals surface area contributed by atoms with E-state index in [0.717, 1.165) is 0 Å². The van der Waals surface area contributed by atoms with Crippen molar-refractivity contribution in [3.63, 3.8) is 0 Å². The zero-order chi connectivity index (χ0) is 15.1. The molecule has 0 aliphatic rings. The van der Waals surface area contributed by atoms with Crippen molar-refractivity contribution in [2.45, 2.75) is 0 Å². The Balaban J connectivity index is 0.000000200. The first-order valence-electron chi connectivity index (χ1n) is 5.66.